The van der Waals surface area contributed by atoms with Gasteiger partial charge in [0.2, 0.25) is 0 Å². The minimum Gasteiger partial charge on any atom is -0.481 e. The third kappa shape index (κ3) is 2.77. The number of carbonyl (C=O) groups excluding carboxylic acids is 1. The Morgan fingerprint density at radius 3 is 2.76 bits per heavy atom. The molecule has 3 atom stereocenters. The maximum Gasteiger partial charge on any atom is 0.303 e. The van der Waals surface area contributed by atoms with Crippen LogP contribution in [0.15, 0.2) is 0 Å². The van der Waals surface area contributed by atoms with Gasteiger partial charge in [0.15, 0.2) is 0 Å². The number of likely N-dealkylation sites (tertiary alicyclic amines) is 1. The Morgan fingerprint density at radius 2 is 2.18 bits per heavy atom. The second-order valence-electron chi connectivity index (χ2n) is 5.09. The molecule has 0 saturated carbocycles. The quantitative estimate of drug-likeness (QED) is 0.791. The van der Waals surface area contributed by atoms with E-state index in [1.54, 1.807) is 4.90 Å². The minimum atomic E-state index is -0.783. The highest BCUT2D eigenvalue weighted by Crippen LogP contribution is 2.26. The highest BCUT2D eigenvalue weighted by atomic mass is 16.5. The first kappa shape index (κ1) is 12.4. The van der Waals surface area contributed by atoms with Gasteiger partial charge in [0.05, 0.1) is 0 Å². The van der Waals surface area contributed by atoms with Gasteiger partial charge in [0.1, 0.15) is 6.10 Å². The lowest BCUT2D eigenvalue weighted by Gasteiger charge is -2.22. The molecule has 2 fully saturated rings. The Labute approximate surface area is 101 Å². The Hall–Kier alpha value is -1.10. The molecule has 5 heteroatoms. The normalized spacial score (nSPS) is 33.0. The summed E-state index contributed by atoms with van der Waals surface area (Å²) in [6.07, 6.45) is 1.57. The van der Waals surface area contributed by atoms with E-state index in [9.17, 15) is 9.59 Å². The standard InChI is InChI=1S/C12H19NO4/c1-8-3-5-17-11(8)12(16)13-4-2-9(7-13)6-10(14)15/h8-9,11H,2-7H2,1H3,(H,14,15). The van der Waals surface area contributed by atoms with Crippen LogP contribution >= 0.6 is 0 Å². The van der Waals surface area contributed by atoms with Crippen molar-refractivity contribution in [3.05, 3.63) is 0 Å². The zero-order chi connectivity index (χ0) is 12.4. The molecule has 0 radical (unpaired) electrons. The van der Waals surface area contributed by atoms with Crippen LogP contribution in [-0.4, -0.2) is 47.7 Å². The zero-order valence-electron chi connectivity index (χ0n) is 10.1. The Balaban J connectivity index is 1.87. The number of carbonyl (C=O) groups is 2. The average Bonchev–Trinajstić information content (AvgIpc) is 2.85. The number of nitrogens with zero attached hydrogens (tertiary/aromatic N) is 1. The molecule has 1 amide bonds. The molecule has 0 aromatic rings. The van der Waals surface area contributed by atoms with Gasteiger partial charge in [-0.25, -0.2) is 0 Å². The molecule has 0 spiro atoms. The van der Waals surface area contributed by atoms with Crippen molar-refractivity contribution < 1.29 is 19.4 Å². The van der Waals surface area contributed by atoms with Crippen LogP contribution in [0.25, 0.3) is 0 Å². The summed E-state index contributed by atoms with van der Waals surface area (Å²) in [6.45, 7) is 3.92. The lowest BCUT2D eigenvalue weighted by Crippen LogP contribution is -2.39. The van der Waals surface area contributed by atoms with E-state index in [2.05, 4.69) is 0 Å². The molecule has 3 unspecified atom stereocenters. The first-order valence-corrected chi connectivity index (χ1v) is 6.20. The topological polar surface area (TPSA) is 66.8 Å². The summed E-state index contributed by atoms with van der Waals surface area (Å²) in [7, 11) is 0. The number of hydrogen-bond donors (Lipinski definition) is 1. The number of ether oxygens (including phenoxy) is 1. The monoisotopic (exact) mass is 241 g/mol. The van der Waals surface area contributed by atoms with E-state index >= 15 is 0 Å². The van der Waals surface area contributed by atoms with Gasteiger partial charge in [-0.1, -0.05) is 6.92 Å². The highest BCUT2D eigenvalue weighted by Gasteiger charge is 2.37. The summed E-state index contributed by atoms with van der Waals surface area (Å²) < 4.78 is 5.45. The van der Waals surface area contributed by atoms with Gasteiger partial charge in [0.25, 0.3) is 5.91 Å². The van der Waals surface area contributed by atoms with Crippen molar-refractivity contribution >= 4 is 11.9 Å². The van der Waals surface area contributed by atoms with Crippen molar-refractivity contribution in [2.75, 3.05) is 19.7 Å². The van der Waals surface area contributed by atoms with Crippen LogP contribution < -0.4 is 0 Å². The Morgan fingerprint density at radius 1 is 1.41 bits per heavy atom. The van der Waals surface area contributed by atoms with E-state index < -0.39 is 5.97 Å². The summed E-state index contributed by atoms with van der Waals surface area (Å²) >= 11 is 0. The molecule has 2 heterocycles. The number of aliphatic carboxylic acids is 1. The molecule has 17 heavy (non-hydrogen) atoms. The summed E-state index contributed by atoms with van der Waals surface area (Å²) in [5.74, 6) is -0.355. The first-order chi connectivity index (χ1) is 8.08. The van der Waals surface area contributed by atoms with Crippen molar-refractivity contribution in [3.8, 4) is 0 Å². The molecule has 2 rings (SSSR count). The predicted molar refractivity (Wildman–Crippen MR) is 60.5 cm³/mol. The smallest absolute Gasteiger partial charge is 0.303 e. The van der Waals surface area contributed by atoms with E-state index in [1.165, 1.54) is 0 Å². The van der Waals surface area contributed by atoms with Crippen LogP contribution in [0.1, 0.15) is 26.2 Å². The fourth-order valence-electron chi connectivity index (χ4n) is 2.64. The Bertz CT molecular complexity index is 318. The van der Waals surface area contributed by atoms with Crippen molar-refractivity contribution in [1.82, 2.24) is 4.90 Å². The fourth-order valence-corrected chi connectivity index (χ4v) is 2.64. The molecule has 2 aliphatic heterocycles. The predicted octanol–water partition coefficient (Wildman–Crippen LogP) is 0.735. The van der Waals surface area contributed by atoms with Crippen molar-refractivity contribution in [2.45, 2.75) is 32.3 Å². The van der Waals surface area contributed by atoms with Crippen LogP contribution in [-0.2, 0) is 14.3 Å². The van der Waals surface area contributed by atoms with Crippen molar-refractivity contribution in [1.29, 1.82) is 0 Å². The van der Waals surface area contributed by atoms with Gasteiger partial charge < -0.3 is 14.7 Å². The molecule has 0 aliphatic carbocycles. The van der Waals surface area contributed by atoms with Gasteiger partial charge in [-0.2, -0.15) is 0 Å². The van der Waals surface area contributed by atoms with Crippen LogP contribution in [0.2, 0.25) is 0 Å². The molecule has 0 aromatic heterocycles. The van der Waals surface area contributed by atoms with Gasteiger partial charge in [-0.3, -0.25) is 9.59 Å². The zero-order valence-corrected chi connectivity index (χ0v) is 10.1. The molecule has 2 aliphatic rings. The van der Waals surface area contributed by atoms with E-state index in [1.807, 2.05) is 6.92 Å². The van der Waals surface area contributed by atoms with E-state index in [4.69, 9.17) is 9.84 Å². The average molecular weight is 241 g/mol. The summed E-state index contributed by atoms with van der Waals surface area (Å²) in [5.41, 5.74) is 0. The van der Waals surface area contributed by atoms with E-state index in [-0.39, 0.29) is 30.3 Å². The lowest BCUT2D eigenvalue weighted by molar-refractivity contribution is -0.142. The molecule has 0 aromatic carbocycles. The third-order valence-corrected chi connectivity index (χ3v) is 3.69. The van der Waals surface area contributed by atoms with E-state index in [0.717, 1.165) is 12.8 Å². The maximum absolute atomic E-state index is 12.1. The van der Waals surface area contributed by atoms with Crippen molar-refractivity contribution in [2.24, 2.45) is 11.8 Å². The number of hydrogen-bond acceptors (Lipinski definition) is 3. The molecule has 96 valence electrons. The number of rotatable bonds is 3. The maximum atomic E-state index is 12.1. The molecule has 0 bridgehead atoms. The molecule has 2 saturated heterocycles. The summed E-state index contributed by atoms with van der Waals surface area (Å²) in [4.78, 5) is 24.5. The van der Waals surface area contributed by atoms with Gasteiger partial charge in [-0.05, 0) is 24.7 Å². The second-order valence-corrected chi connectivity index (χ2v) is 5.09. The number of carboxylic acid groups (broad SMARTS) is 1. The second kappa shape index (κ2) is 5.04. The fraction of sp³-hybridized carbons (Fsp3) is 0.833. The van der Waals surface area contributed by atoms with Gasteiger partial charge >= 0.3 is 5.97 Å². The number of amides is 1. The summed E-state index contributed by atoms with van der Waals surface area (Å²) in [5, 5.41) is 8.72. The Kier molecular flexibility index (Phi) is 3.66. The molecular formula is C12H19NO4. The lowest BCUT2D eigenvalue weighted by atomic mass is 10.0. The minimum absolute atomic E-state index is 0.0443. The first-order valence-electron chi connectivity index (χ1n) is 6.20. The third-order valence-electron chi connectivity index (χ3n) is 3.69. The number of carboxylic acids is 1. The SMILES string of the molecule is CC1CCOC1C(=O)N1CCC(CC(=O)O)C1. The molecule has 1 N–H and O–H groups in total. The van der Waals surface area contributed by atoms with Crippen LogP contribution in [0.5, 0.6) is 0 Å². The summed E-state index contributed by atoms with van der Waals surface area (Å²) in [6, 6.07) is 0. The van der Waals surface area contributed by atoms with Crippen LogP contribution in [0.3, 0.4) is 0 Å². The van der Waals surface area contributed by atoms with E-state index in [0.29, 0.717) is 19.7 Å². The largest absolute Gasteiger partial charge is 0.481 e. The highest BCUT2D eigenvalue weighted by molar-refractivity contribution is 5.82. The van der Waals surface area contributed by atoms with Crippen LogP contribution in [0.4, 0.5) is 0 Å². The van der Waals surface area contributed by atoms with Gasteiger partial charge in [-0.15, -0.1) is 0 Å². The molecule has 5 nitrogen and oxygen atoms in total. The van der Waals surface area contributed by atoms with Crippen molar-refractivity contribution in [3.63, 3.8) is 0 Å². The molecular weight excluding hydrogens is 222 g/mol. The van der Waals surface area contributed by atoms with Gasteiger partial charge in [0, 0.05) is 26.1 Å². The van der Waals surface area contributed by atoms with Crippen LogP contribution in [0, 0.1) is 11.8 Å².